The molecule has 0 radical (unpaired) electrons. The molecule has 0 saturated carbocycles. The Morgan fingerprint density at radius 3 is 2.79 bits per heavy atom. The highest BCUT2D eigenvalue weighted by atomic mass is 32.1. The van der Waals surface area contributed by atoms with E-state index in [1.165, 1.54) is 29.2 Å². The topological polar surface area (TPSA) is 90.3 Å². The molecule has 2 aromatic heterocycles. The van der Waals surface area contributed by atoms with Crippen molar-refractivity contribution in [2.24, 2.45) is 0 Å². The Labute approximate surface area is 143 Å². The van der Waals surface area contributed by atoms with Crippen LogP contribution >= 0.6 is 11.3 Å². The van der Waals surface area contributed by atoms with Gasteiger partial charge in [0, 0.05) is 12.1 Å². The number of hydrogen-bond acceptors (Lipinski definition) is 6. The Morgan fingerprint density at radius 2 is 2.12 bits per heavy atom. The first-order valence-corrected chi connectivity index (χ1v) is 8.49. The summed E-state index contributed by atoms with van der Waals surface area (Å²) in [6.45, 7) is 7.21. The molecule has 1 amide bonds. The lowest BCUT2D eigenvalue weighted by molar-refractivity contribution is -0.155. The molecule has 0 saturated heterocycles. The third kappa shape index (κ3) is 4.64. The maximum Gasteiger partial charge on any atom is 0.308 e. The van der Waals surface area contributed by atoms with Crippen LogP contribution in [-0.2, 0) is 20.9 Å². The molecule has 130 valence electrons. The SMILES string of the molecule is C[C@H](OC(=O)CCn1cnc2sccc2c1=O)C(=O)NC(C)(C)C. The van der Waals surface area contributed by atoms with Crippen LogP contribution in [0.5, 0.6) is 0 Å². The van der Waals surface area contributed by atoms with Gasteiger partial charge in [0.25, 0.3) is 11.5 Å². The van der Waals surface area contributed by atoms with Crippen molar-refractivity contribution in [1.82, 2.24) is 14.9 Å². The van der Waals surface area contributed by atoms with Crippen LogP contribution in [0.3, 0.4) is 0 Å². The van der Waals surface area contributed by atoms with Gasteiger partial charge in [-0.2, -0.15) is 0 Å². The van der Waals surface area contributed by atoms with Crippen molar-refractivity contribution in [2.45, 2.75) is 52.3 Å². The summed E-state index contributed by atoms with van der Waals surface area (Å²) >= 11 is 1.39. The molecule has 24 heavy (non-hydrogen) atoms. The molecule has 7 nitrogen and oxygen atoms in total. The summed E-state index contributed by atoms with van der Waals surface area (Å²) < 4.78 is 6.48. The number of fused-ring (bicyclic) bond motifs is 1. The maximum atomic E-state index is 12.2. The molecule has 2 rings (SSSR count). The molecule has 0 spiro atoms. The zero-order valence-corrected chi connectivity index (χ0v) is 15.0. The zero-order valence-electron chi connectivity index (χ0n) is 14.2. The van der Waals surface area contributed by atoms with Crippen LogP contribution in [0.1, 0.15) is 34.1 Å². The van der Waals surface area contributed by atoms with Gasteiger partial charge in [-0.3, -0.25) is 19.0 Å². The molecule has 8 heteroatoms. The number of carbonyl (C=O) groups is 2. The molecule has 0 bridgehead atoms. The van der Waals surface area contributed by atoms with Crippen molar-refractivity contribution in [1.29, 1.82) is 0 Å². The molecule has 0 fully saturated rings. The molecule has 0 aliphatic heterocycles. The Balaban J connectivity index is 1.91. The Kier molecular flexibility index (Phi) is 5.38. The number of nitrogens with one attached hydrogen (secondary N) is 1. The van der Waals surface area contributed by atoms with E-state index in [2.05, 4.69) is 10.3 Å². The van der Waals surface area contributed by atoms with Crippen molar-refractivity contribution >= 4 is 33.4 Å². The lowest BCUT2D eigenvalue weighted by Crippen LogP contribution is -2.46. The molecule has 1 atom stereocenters. The Morgan fingerprint density at radius 1 is 1.42 bits per heavy atom. The predicted molar refractivity (Wildman–Crippen MR) is 91.9 cm³/mol. The number of thiophene rings is 1. The number of hydrogen-bond donors (Lipinski definition) is 1. The Hall–Kier alpha value is -2.22. The van der Waals surface area contributed by atoms with Crippen molar-refractivity contribution in [3.8, 4) is 0 Å². The molecule has 0 aliphatic rings. The first-order chi connectivity index (χ1) is 11.2. The number of aryl methyl sites for hydroxylation is 1. The molecule has 0 aliphatic carbocycles. The lowest BCUT2D eigenvalue weighted by atomic mass is 10.1. The zero-order chi connectivity index (χ0) is 17.9. The number of carbonyl (C=O) groups excluding carboxylic acids is 2. The average Bonchev–Trinajstić information content (AvgIpc) is 2.94. The summed E-state index contributed by atoms with van der Waals surface area (Å²) in [6.07, 6.45) is 0.528. The smallest absolute Gasteiger partial charge is 0.308 e. The van der Waals surface area contributed by atoms with Gasteiger partial charge >= 0.3 is 5.97 Å². The predicted octanol–water partition coefficient (Wildman–Crippen LogP) is 1.69. The van der Waals surface area contributed by atoms with E-state index in [9.17, 15) is 14.4 Å². The number of rotatable bonds is 5. The van der Waals surface area contributed by atoms with Gasteiger partial charge in [-0.05, 0) is 39.1 Å². The molecule has 2 heterocycles. The summed E-state index contributed by atoms with van der Waals surface area (Å²) in [5.74, 6) is -0.891. The highest BCUT2D eigenvalue weighted by molar-refractivity contribution is 7.16. The van der Waals surface area contributed by atoms with Gasteiger partial charge < -0.3 is 10.1 Å². The van der Waals surface area contributed by atoms with E-state index in [0.29, 0.717) is 10.2 Å². The van der Waals surface area contributed by atoms with Crippen LogP contribution in [0.15, 0.2) is 22.6 Å². The van der Waals surface area contributed by atoms with Gasteiger partial charge in [-0.1, -0.05) is 0 Å². The van der Waals surface area contributed by atoms with Crippen molar-refractivity contribution in [3.05, 3.63) is 28.1 Å². The van der Waals surface area contributed by atoms with Crippen molar-refractivity contribution in [2.75, 3.05) is 0 Å². The Bertz CT molecular complexity index is 803. The van der Waals surface area contributed by atoms with Crippen LogP contribution in [0.25, 0.3) is 10.2 Å². The first-order valence-electron chi connectivity index (χ1n) is 7.61. The van der Waals surface area contributed by atoms with Crippen LogP contribution in [0.4, 0.5) is 0 Å². The summed E-state index contributed by atoms with van der Waals surface area (Å²) in [5, 5.41) is 5.08. The van der Waals surface area contributed by atoms with Crippen molar-refractivity contribution < 1.29 is 14.3 Å². The average molecular weight is 351 g/mol. The first kappa shape index (κ1) is 18.1. The summed E-state index contributed by atoms with van der Waals surface area (Å²) in [4.78, 5) is 40.8. The standard InChI is InChI=1S/C16H21N3O4S/c1-10(13(21)18-16(2,3)4)23-12(20)5-7-19-9-17-14-11(15(19)22)6-8-24-14/h6,8-10H,5,7H2,1-4H3,(H,18,21)/t10-/m0/s1. The van der Waals surface area contributed by atoms with Gasteiger partial charge in [-0.15, -0.1) is 11.3 Å². The van der Waals surface area contributed by atoms with E-state index < -0.39 is 17.6 Å². The molecular formula is C16H21N3O4S. The summed E-state index contributed by atoms with van der Waals surface area (Å²) in [6, 6.07) is 1.71. The van der Waals surface area contributed by atoms with Crippen molar-refractivity contribution in [3.63, 3.8) is 0 Å². The van der Waals surface area contributed by atoms with Gasteiger partial charge in [0.2, 0.25) is 0 Å². The van der Waals surface area contributed by atoms with E-state index in [4.69, 9.17) is 4.74 Å². The van der Waals surface area contributed by atoms with Crippen LogP contribution in [0, 0.1) is 0 Å². The third-order valence-corrected chi connectivity index (χ3v) is 4.00. The highest BCUT2D eigenvalue weighted by Gasteiger charge is 2.22. The third-order valence-electron chi connectivity index (χ3n) is 3.18. The monoisotopic (exact) mass is 351 g/mol. The number of aromatic nitrogens is 2. The van der Waals surface area contributed by atoms with E-state index in [1.54, 1.807) is 11.4 Å². The highest BCUT2D eigenvalue weighted by Crippen LogP contribution is 2.13. The fourth-order valence-corrected chi connectivity index (χ4v) is 2.77. The van der Waals surface area contributed by atoms with Crippen LogP contribution < -0.4 is 10.9 Å². The molecule has 2 aromatic rings. The largest absolute Gasteiger partial charge is 0.452 e. The van der Waals surface area contributed by atoms with E-state index in [-0.39, 0.29) is 24.4 Å². The normalized spacial score (nSPS) is 12.8. The number of amides is 1. The second-order valence-corrected chi connectivity index (χ2v) is 7.40. The second-order valence-electron chi connectivity index (χ2n) is 6.50. The molecular weight excluding hydrogens is 330 g/mol. The van der Waals surface area contributed by atoms with Gasteiger partial charge in [0.1, 0.15) is 4.83 Å². The summed E-state index contributed by atoms with van der Waals surface area (Å²) in [7, 11) is 0. The van der Waals surface area contributed by atoms with E-state index in [1.807, 2.05) is 20.8 Å². The van der Waals surface area contributed by atoms with E-state index >= 15 is 0 Å². The van der Waals surface area contributed by atoms with Gasteiger partial charge in [0.05, 0.1) is 18.1 Å². The minimum atomic E-state index is -0.883. The van der Waals surface area contributed by atoms with Gasteiger partial charge in [0.15, 0.2) is 6.10 Å². The number of esters is 1. The van der Waals surface area contributed by atoms with Crippen LogP contribution in [0.2, 0.25) is 0 Å². The van der Waals surface area contributed by atoms with Gasteiger partial charge in [-0.25, -0.2) is 4.98 Å². The number of nitrogens with zero attached hydrogens (tertiary/aromatic N) is 2. The lowest BCUT2D eigenvalue weighted by Gasteiger charge is -2.23. The fraction of sp³-hybridized carbons (Fsp3) is 0.500. The quantitative estimate of drug-likeness (QED) is 0.828. The maximum absolute atomic E-state index is 12.2. The van der Waals surface area contributed by atoms with E-state index in [0.717, 1.165) is 0 Å². The minimum absolute atomic E-state index is 0.00956. The summed E-state index contributed by atoms with van der Waals surface area (Å²) in [5.41, 5.74) is -0.584. The van der Waals surface area contributed by atoms with Crippen LogP contribution in [-0.4, -0.2) is 33.1 Å². The number of ether oxygens (including phenoxy) is 1. The minimum Gasteiger partial charge on any atom is -0.452 e. The molecule has 0 unspecified atom stereocenters. The molecule has 0 aromatic carbocycles. The fourth-order valence-electron chi connectivity index (χ4n) is 2.05. The second kappa shape index (κ2) is 7.12. The molecule has 1 N–H and O–H groups in total.